The molecular weight excluding hydrogens is 237 g/mol. The second-order valence-corrected chi connectivity index (χ2v) is 2.80. The van der Waals surface area contributed by atoms with Gasteiger partial charge in [0.15, 0.2) is 0 Å². The molecule has 0 aliphatic rings. The second-order valence-electron chi connectivity index (χ2n) is 2.80. The summed E-state index contributed by atoms with van der Waals surface area (Å²) in [6, 6.07) is 10.5. The second kappa shape index (κ2) is 4.16. The standard InChI is InChI=1S/C10H9N2.Y/c1-7-6-9(11)8-4-2-3-5-10(8)12-7;/h3-6H,1H3,(H2,11,12);/q-1;+3. The van der Waals surface area contributed by atoms with Crippen molar-refractivity contribution in [3.05, 3.63) is 36.0 Å². The Bertz CT molecular complexity index is 426. The van der Waals surface area contributed by atoms with Crippen molar-refractivity contribution in [2.45, 2.75) is 6.92 Å². The topological polar surface area (TPSA) is 38.9 Å². The van der Waals surface area contributed by atoms with Gasteiger partial charge in [0.1, 0.15) is 0 Å². The van der Waals surface area contributed by atoms with Gasteiger partial charge in [-0.1, -0.05) is 5.39 Å². The van der Waals surface area contributed by atoms with Gasteiger partial charge in [-0.2, -0.15) is 18.2 Å². The summed E-state index contributed by atoms with van der Waals surface area (Å²) in [5.74, 6) is 0. The van der Waals surface area contributed by atoms with Crippen LogP contribution in [0.25, 0.3) is 10.9 Å². The van der Waals surface area contributed by atoms with Gasteiger partial charge in [-0.25, -0.2) is 0 Å². The number of nitrogens with two attached hydrogens (primary N) is 1. The summed E-state index contributed by atoms with van der Waals surface area (Å²) in [6.45, 7) is 1.94. The van der Waals surface area contributed by atoms with Crippen LogP contribution in [0.5, 0.6) is 0 Å². The number of rotatable bonds is 0. The number of fused-ring (bicyclic) bond motifs is 1. The van der Waals surface area contributed by atoms with E-state index in [0.29, 0.717) is 0 Å². The molecule has 2 N–H and O–H groups in total. The molecule has 1 heterocycles. The molecule has 2 aromatic rings. The zero-order chi connectivity index (χ0) is 8.55. The first-order valence-corrected chi connectivity index (χ1v) is 3.80. The first-order chi connectivity index (χ1) is 5.77. The summed E-state index contributed by atoms with van der Waals surface area (Å²) in [4.78, 5) is 4.34. The third kappa shape index (κ3) is 2.06. The SMILES string of the molecule is Cc1cc(N)c2c[c-]ccc2n1.[Y+3]. The van der Waals surface area contributed by atoms with Gasteiger partial charge in [0.25, 0.3) is 0 Å². The van der Waals surface area contributed by atoms with Crippen LogP contribution in [0, 0.1) is 13.0 Å². The summed E-state index contributed by atoms with van der Waals surface area (Å²) in [5, 5.41) is 0.975. The first kappa shape index (κ1) is 10.6. The molecule has 0 aliphatic carbocycles. The van der Waals surface area contributed by atoms with Crippen molar-refractivity contribution < 1.29 is 32.7 Å². The number of hydrogen-bond donors (Lipinski definition) is 1. The van der Waals surface area contributed by atoms with E-state index in [1.807, 2.05) is 31.2 Å². The molecule has 0 amide bonds. The van der Waals surface area contributed by atoms with Crippen molar-refractivity contribution in [3.63, 3.8) is 0 Å². The van der Waals surface area contributed by atoms with Crippen LogP contribution in [0.15, 0.2) is 24.3 Å². The van der Waals surface area contributed by atoms with E-state index in [-0.39, 0.29) is 32.7 Å². The third-order valence-corrected chi connectivity index (χ3v) is 1.81. The maximum absolute atomic E-state index is 5.80. The van der Waals surface area contributed by atoms with Crippen molar-refractivity contribution >= 4 is 16.6 Å². The molecular formula is C10H9N2Y+2. The van der Waals surface area contributed by atoms with Crippen molar-refractivity contribution in [2.75, 3.05) is 5.73 Å². The van der Waals surface area contributed by atoms with E-state index in [2.05, 4.69) is 11.1 Å². The minimum Gasteiger partial charge on any atom is -0.408 e. The first-order valence-electron chi connectivity index (χ1n) is 3.80. The molecule has 0 aliphatic heterocycles. The van der Waals surface area contributed by atoms with E-state index < -0.39 is 0 Å². The van der Waals surface area contributed by atoms with Crippen molar-refractivity contribution in [1.82, 2.24) is 4.98 Å². The smallest absolute Gasteiger partial charge is 0.408 e. The fourth-order valence-electron chi connectivity index (χ4n) is 1.28. The maximum Gasteiger partial charge on any atom is 3.00 e. The predicted octanol–water partition coefficient (Wildman–Crippen LogP) is 1.92. The van der Waals surface area contributed by atoms with Crippen molar-refractivity contribution in [2.24, 2.45) is 0 Å². The number of nitrogens with zero attached hydrogens (tertiary/aromatic N) is 1. The minimum atomic E-state index is 0. The van der Waals surface area contributed by atoms with Gasteiger partial charge in [-0.05, 0) is 24.2 Å². The van der Waals surface area contributed by atoms with Crippen molar-refractivity contribution in [1.29, 1.82) is 0 Å². The minimum absolute atomic E-state index is 0. The van der Waals surface area contributed by atoms with E-state index in [1.54, 1.807) is 0 Å². The Morgan fingerprint density at radius 1 is 1.46 bits per heavy atom. The van der Waals surface area contributed by atoms with Crippen LogP contribution in [0.2, 0.25) is 0 Å². The molecule has 0 bridgehead atoms. The quantitative estimate of drug-likeness (QED) is 0.721. The molecule has 0 saturated carbocycles. The van der Waals surface area contributed by atoms with Crippen LogP contribution in [-0.2, 0) is 32.7 Å². The molecule has 0 unspecified atom stereocenters. The molecule has 0 radical (unpaired) electrons. The molecule has 13 heavy (non-hydrogen) atoms. The van der Waals surface area contributed by atoms with Gasteiger partial charge in [0, 0.05) is 5.69 Å². The Labute approximate surface area is 102 Å². The summed E-state index contributed by atoms with van der Waals surface area (Å²) < 4.78 is 0. The number of aryl methyl sites for hydroxylation is 1. The zero-order valence-corrected chi connectivity index (χ0v) is 10.2. The van der Waals surface area contributed by atoms with E-state index in [9.17, 15) is 0 Å². The van der Waals surface area contributed by atoms with Gasteiger partial charge in [0.2, 0.25) is 0 Å². The number of anilines is 1. The van der Waals surface area contributed by atoms with E-state index in [0.717, 1.165) is 22.3 Å². The van der Waals surface area contributed by atoms with E-state index >= 15 is 0 Å². The van der Waals surface area contributed by atoms with Crippen LogP contribution < -0.4 is 5.73 Å². The van der Waals surface area contributed by atoms with Gasteiger partial charge < -0.3 is 5.73 Å². The Kier molecular flexibility index (Phi) is 3.40. The predicted molar refractivity (Wildman–Crippen MR) is 49.7 cm³/mol. The van der Waals surface area contributed by atoms with Gasteiger partial charge >= 0.3 is 32.7 Å². The monoisotopic (exact) mass is 246 g/mol. The number of aromatic nitrogens is 1. The van der Waals surface area contributed by atoms with Crippen LogP contribution in [-0.4, -0.2) is 4.98 Å². The number of benzene rings is 1. The fourth-order valence-corrected chi connectivity index (χ4v) is 1.28. The molecule has 3 heteroatoms. The average molecular weight is 246 g/mol. The van der Waals surface area contributed by atoms with Crippen LogP contribution in [0.4, 0.5) is 5.69 Å². The largest absolute Gasteiger partial charge is 3.00 e. The van der Waals surface area contributed by atoms with E-state index in [4.69, 9.17) is 5.73 Å². The van der Waals surface area contributed by atoms with Gasteiger partial charge in [0.05, 0.1) is 0 Å². The molecule has 0 saturated heterocycles. The summed E-state index contributed by atoms with van der Waals surface area (Å²) >= 11 is 0. The number of hydrogen-bond acceptors (Lipinski definition) is 2. The normalized spacial score (nSPS) is 9.62. The molecule has 0 spiro atoms. The summed E-state index contributed by atoms with van der Waals surface area (Å²) in [5.41, 5.74) is 8.46. The van der Waals surface area contributed by atoms with Gasteiger partial charge in [-0.3, -0.25) is 4.98 Å². The van der Waals surface area contributed by atoms with Crippen molar-refractivity contribution in [3.8, 4) is 0 Å². The number of nitrogen functional groups attached to an aromatic ring is 1. The Balaban J connectivity index is 0.000000845. The summed E-state index contributed by atoms with van der Waals surface area (Å²) in [6.07, 6.45) is 0. The molecule has 1 aromatic carbocycles. The Hall–Kier alpha value is -0.466. The van der Waals surface area contributed by atoms with Crippen LogP contribution >= 0.6 is 0 Å². The summed E-state index contributed by atoms with van der Waals surface area (Å²) in [7, 11) is 0. The molecule has 60 valence electrons. The molecule has 0 fully saturated rings. The third-order valence-electron chi connectivity index (χ3n) is 1.81. The molecule has 2 nitrogen and oxygen atoms in total. The van der Waals surface area contributed by atoms with Crippen LogP contribution in [0.3, 0.4) is 0 Å². The maximum atomic E-state index is 5.80. The van der Waals surface area contributed by atoms with E-state index in [1.165, 1.54) is 0 Å². The Morgan fingerprint density at radius 3 is 3.00 bits per heavy atom. The van der Waals surface area contributed by atoms with Crippen LogP contribution in [0.1, 0.15) is 5.69 Å². The molecule has 1 aromatic heterocycles. The molecule has 0 atom stereocenters. The Morgan fingerprint density at radius 2 is 2.23 bits per heavy atom. The molecule has 2 rings (SSSR count). The fraction of sp³-hybridized carbons (Fsp3) is 0.100. The van der Waals surface area contributed by atoms with Gasteiger partial charge in [-0.15, -0.1) is 6.07 Å². The average Bonchev–Trinajstić information content (AvgIpc) is 2.04. The zero-order valence-electron chi connectivity index (χ0n) is 7.41. The number of pyridine rings is 1.